The maximum atomic E-state index is 5.89. The number of fused-ring (bicyclic) bond motifs is 3. The van der Waals surface area contributed by atoms with E-state index in [1.54, 1.807) is 0 Å². The number of hydrogen-bond acceptors (Lipinski definition) is 2. The van der Waals surface area contributed by atoms with Gasteiger partial charge in [0.1, 0.15) is 5.75 Å². The highest BCUT2D eigenvalue weighted by Crippen LogP contribution is 2.41. The highest BCUT2D eigenvalue weighted by Gasteiger charge is 2.28. The van der Waals surface area contributed by atoms with Crippen LogP contribution >= 0.6 is 0 Å². The topological polar surface area (TPSA) is 18.5 Å². The van der Waals surface area contributed by atoms with E-state index in [0.717, 1.165) is 44.6 Å². The van der Waals surface area contributed by atoms with Crippen LogP contribution in [-0.4, -0.2) is 13.2 Å². The molecule has 2 aliphatic heterocycles. The number of ether oxygens (including phenoxy) is 2. The minimum atomic E-state index is 0.266. The Morgan fingerprint density at radius 2 is 2.00 bits per heavy atom. The lowest BCUT2D eigenvalue weighted by molar-refractivity contribution is 0.0342. The predicted octanol–water partition coefficient (Wildman–Crippen LogP) is 3.04. The SMILES string of the molecule is CCCC1OCCc2ccc3c(c21)OCC3. The molecular formula is C14H18O2. The van der Waals surface area contributed by atoms with Crippen LogP contribution in [0.25, 0.3) is 0 Å². The molecule has 0 aromatic heterocycles. The first kappa shape index (κ1) is 10.2. The van der Waals surface area contributed by atoms with Crippen molar-refractivity contribution in [1.82, 2.24) is 0 Å². The summed E-state index contributed by atoms with van der Waals surface area (Å²) < 4.78 is 11.7. The first-order valence-electron chi connectivity index (χ1n) is 6.29. The molecule has 2 nitrogen and oxygen atoms in total. The van der Waals surface area contributed by atoms with Gasteiger partial charge < -0.3 is 9.47 Å². The van der Waals surface area contributed by atoms with Crippen LogP contribution in [0.15, 0.2) is 12.1 Å². The van der Waals surface area contributed by atoms with E-state index in [2.05, 4.69) is 19.1 Å². The Morgan fingerprint density at radius 3 is 2.88 bits per heavy atom. The Bertz CT molecular complexity index is 398. The zero-order valence-corrected chi connectivity index (χ0v) is 9.79. The van der Waals surface area contributed by atoms with E-state index in [9.17, 15) is 0 Å². The smallest absolute Gasteiger partial charge is 0.128 e. The molecule has 0 fully saturated rings. The van der Waals surface area contributed by atoms with Crippen molar-refractivity contribution in [3.05, 3.63) is 28.8 Å². The van der Waals surface area contributed by atoms with Gasteiger partial charge in [-0.1, -0.05) is 25.5 Å². The summed E-state index contributed by atoms with van der Waals surface area (Å²) in [7, 11) is 0. The van der Waals surface area contributed by atoms with E-state index in [4.69, 9.17) is 9.47 Å². The largest absolute Gasteiger partial charge is 0.493 e. The van der Waals surface area contributed by atoms with E-state index < -0.39 is 0 Å². The van der Waals surface area contributed by atoms with E-state index in [-0.39, 0.29) is 6.10 Å². The summed E-state index contributed by atoms with van der Waals surface area (Å²) in [6.07, 6.45) is 4.62. The van der Waals surface area contributed by atoms with Crippen molar-refractivity contribution in [1.29, 1.82) is 0 Å². The molecule has 0 amide bonds. The maximum Gasteiger partial charge on any atom is 0.128 e. The standard InChI is InChI=1S/C14H18O2/c1-2-3-12-13-10(6-8-15-12)4-5-11-7-9-16-14(11)13/h4-5,12H,2-3,6-9H2,1H3. The van der Waals surface area contributed by atoms with Crippen LogP contribution in [0, 0.1) is 0 Å². The van der Waals surface area contributed by atoms with Crippen LogP contribution in [0.5, 0.6) is 5.75 Å². The average molecular weight is 218 g/mol. The monoisotopic (exact) mass is 218 g/mol. The number of benzene rings is 1. The third-order valence-corrected chi connectivity index (χ3v) is 3.55. The molecule has 0 saturated carbocycles. The fourth-order valence-electron chi connectivity index (χ4n) is 2.77. The highest BCUT2D eigenvalue weighted by atomic mass is 16.5. The van der Waals surface area contributed by atoms with Gasteiger partial charge in [0.2, 0.25) is 0 Å². The van der Waals surface area contributed by atoms with Gasteiger partial charge in [-0.05, 0) is 24.0 Å². The van der Waals surface area contributed by atoms with Gasteiger partial charge in [0.05, 0.1) is 19.3 Å². The van der Waals surface area contributed by atoms with Crippen molar-refractivity contribution in [2.24, 2.45) is 0 Å². The quantitative estimate of drug-likeness (QED) is 0.759. The number of hydrogen-bond donors (Lipinski definition) is 0. The second-order valence-electron chi connectivity index (χ2n) is 4.62. The van der Waals surface area contributed by atoms with E-state index in [1.165, 1.54) is 16.7 Å². The van der Waals surface area contributed by atoms with Gasteiger partial charge in [0, 0.05) is 12.0 Å². The summed E-state index contributed by atoms with van der Waals surface area (Å²) in [6, 6.07) is 4.50. The van der Waals surface area contributed by atoms with Crippen molar-refractivity contribution in [3.63, 3.8) is 0 Å². The molecule has 1 atom stereocenters. The van der Waals surface area contributed by atoms with Crippen molar-refractivity contribution in [2.75, 3.05) is 13.2 Å². The molecule has 0 bridgehead atoms. The lowest BCUT2D eigenvalue weighted by Crippen LogP contribution is -2.17. The number of rotatable bonds is 2. The Morgan fingerprint density at radius 1 is 1.19 bits per heavy atom. The first-order valence-corrected chi connectivity index (χ1v) is 6.29. The Kier molecular flexibility index (Phi) is 2.60. The Labute approximate surface area is 96.6 Å². The molecule has 1 unspecified atom stereocenters. The van der Waals surface area contributed by atoms with Gasteiger partial charge >= 0.3 is 0 Å². The molecule has 0 saturated heterocycles. The van der Waals surface area contributed by atoms with Crippen LogP contribution in [0.1, 0.15) is 42.6 Å². The lowest BCUT2D eigenvalue weighted by atomic mass is 9.92. The summed E-state index contributed by atoms with van der Waals surface area (Å²) in [4.78, 5) is 0. The van der Waals surface area contributed by atoms with E-state index >= 15 is 0 Å². The summed E-state index contributed by atoms with van der Waals surface area (Å²) in [5.74, 6) is 1.13. The van der Waals surface area contributed by atoms with Crippen LogP contribution in [0.3, 0.4) is 0 Å². The summed E-state index contributed by atoms with van der Waals surface area (Å²) >= 11 is 0. The second kappa shape index (κ2) is 4.10. The van der Waals surface area contributed by atoms with Gasteiger partial charge in [0.25, 0.3) is 0 Å². The minimum Gasteiger partial charge on any atom is -0.493 e. The molecule has 0 aliphatic carbocycles. The van der Waals surface area contributed by atoms with Gasteiger partial charge in [-0.25, -0.2) is 0 Å². The van der Waals surface area contributed by atoms with Gasteiger partial charge in [-0.15, -0.1) is 0 Å². The Hall–Kier alpha value is -1.02. The van der Waals surface area contributed by atoms with Crippen LogP contribution in [-0.2, 0) is 17.6 Å². The molecule has 2 aliphatic rings. The summed E-state index contributed by atoms with van der Waals surface area (Å²) in [6.45, 7) is 3.91. The minimum absolute atomic E-state index is 0.266. The zero-order chi connectivity index (χ0) is 11.0. The van der Waals surface area contributed by atoms with Crippen molar-refractivity contribution in [2.45, 2.75) is 38.7 Å². The molecule has 1 aromatic carbocycles. The van der Waals surface area contributed by atoms with Crippen LogP contribution < -0.4 is 4.74 Å². The average Bonchev–Trinajstić information content (AvgIpc) is 2.77. The van der Waals surface area contributed by atoms with Crippen molar-refractivity contribution in [3.8, 4) is 5.75 Å². The molecule has 2 heterocycles. The fourth-order valence-corrected chi connectivity index (χ4v) is 2.77. The lowest BCUT2D eigenvalue weighted by Gasteiger charge is -2.27. The second-order valence-corrected chi connectivity index (χ2v) is 4.62. The molecule has 86 valence electrons. The van der Waals surface area contributed by atoms with Gasteiger partial charge in [-0.2, -0.15) is 0 Å². The van der Waals surface area contributed by atoms with Crippen molar-refractivity contribution < 1.29 is 9.47 Å². The molecule has 0 radical (unpaired) electrons. The van der Waals surface area contributed by atoms with Crippen LogP contribution in [0.2, 0.25) is 0 Å². The molecule has 0 N–H and O–H groups in total. The fraction of sp³-hybridized carbons (Fsp3) is 0.571. The highest BCUT2D eigenvalue weighted by molar-refractivity contribution is 5.50. The van der Waals surface area contributed by atoms with E-state index in [0.29, 0.717) is 0 Å². The molecule has 0 spiro atoms. The van der Waals surface area contributed by atoms with Gasteiger partial charge in [0.15, 0.2) is 0 Å². The first-order chi connectivity index (χ1) is 7.90. The third-order valence-electron chi connectivity index (χ3n) is 3.55. The molecule has 16 heavy (non-hydrogen) atoms. The van der Waals surface area contributed by atoms with Crippen molar-refractivity contribution >= 4 is 0 Å². The predicted molar refractivity (Wildman–Crippen MR) is 62.9 cm³/mol. The maximum absolute atomic E-state index is 5.89. The third kappa shape index (κ3) is 1.52. The zero-order valence-electron chi connectivity index (χ0n) is 9.79. The summed E-state index contributed by atoms with van der Waals surface area (Å²) in [5, 5.41) is 0. The molecule has 1 aromatic rings. The van der Waals surface area contributed by atoms with E-state index in [1.807, 2.05) is 0 Å². The van der Waals surface area contributed by atoms with Crippen LogP contribution in [0.4, 0.5) is 0 Å². The molecule has 2 heteroatoms. The summed E-state index contributed by atoms with van der Waals surface area (Å²) in [5.41, 5.74) is 4.15. The van der Waals surface area contributed by atoms with Gasteiger partial charge in [-0.3, -0.25) is 0 Å². The Balaban J connectivity index is 2.06. The molecular weight excluding hydrogens is 200 g/mol. The normalized spacial score (nSPS) is 22.4. The molecule has 3 rings (SSSR count).